The van der Waals surface area contributed by atoms with Gasteiger partial charge in [0.05, 0.1) is 25.5 Å². The Kier molecular flexibility index (Phi) is 22.9. The Morgan fingerprint density at radius 3 is 0.962 bits per heavy atom. The van der Waals surface area contributed by atoms with E-state index in [0.717, 1.165) is 42.0 Å². The summed E-state index contributed by atoms with van der Waals surface area (Å²) in [5, 5.41) is 26.3. The molecule has 0 spiro atoms. The molecule has 4 aromatic carbocycles. The molecule has 4 fully saturated rings. The number of aromatic nitrogens is 8. The van der Waals surface area contributed by atoms with Gasteiger partial charge in [0.25, 0.3) is 36.5 Å². The van der Waals surface area contributed by atoms with E-state index in [1.165, 1.54) is 134 Å². The molecule has 0 saturated heterocycles. The SMILES string of the molecule is CC(C)C1(C)C2CCC1c1c(NC(=O)c3cn(C)nc3F)cccc12.CC(C)C1C2CCC1c1c(NC(=O)c3cn(C)nc3C(F)F)cccc12.CC(C)C1C2CCC1c1c(NC(=O)c3cn(C)nc3C(F)F)cccc12.CC(C)C1C2CCC1c1c(NC(=O)c3cn(C)nc3F)cccc12.CF.CF. The van der Waals surface area contributed by atoms with Crippen LogP contribution in [-0.2, 0) is 28.2 Å². The molecule has 24 heteroatoms. The molecular formula is C81H98F8N12O4. The summed E-state index contributed by atoms with van der Waals surface area (Å²) in [6.07, 6.45) is 9.38. The van der Waals surface area contributed by atoms with Crippen molar-refractivity contribution in [2.24, 2.45) is 75.0 Å². The van der Waals surface area contributed by atoms with Crippen molar-refractivity contribution in [2.75, 3.05) is 35.6 Å². The van der Waals surface area contributed by atoms with Gasteiger partial charge in [-0.15, -0.1) is 10.2 Å². The van der Waals surface area contributed by atoms with Crippen LogP contribution in [0.2, 0.25) is 0 Å². The number of carbonyl (C=O) groups excluding carboxylic acids is 4. The first-order valence-electron chi connectivity index (χ1n) is 36.6. The number of alkyl halides is 6. The quantitative estimate of drug-likeness (QED) is 0.0774. The number of carbonyl (C=O) groups is 4. The highest BCUT2D eigenvalue weighted by atomic mass is 19.3. The first kappa shape index (κ1) is 77.1. The van der Waals surface area contributed by atoms with Crippen LogP contribution in [-0.4, -0.2) is 77.1 Å². The molecule has 4 aromatic heterocycles. The van der Waals surface area contributed by atoms with Crippen molar-refractivity contribution in [1.82, 2.24) is 39.1 Å². The average molecular weight is 1460 g/mol. The van der Waals surface area contributed by atoms with Crippen molar-refractivity contribution in [3.05, 3.63) is 188 Å². The Hall–Kier alpha value is -8.96. The van der Waals surface area contributed by atoms with Crippen molar-refractivity contribution in [3.8, 4) is 0 Å². The molecule has 8 aliphatic rings. The molecule has 105 heavy (non-hydrogen) atoms. The molecule has 4 N–H and O–H groups in total. The molecule has 12 atom stereocenters. The van der Waals surface area contributed by atoms with Gasteiger partial charge in [-0.1, -0.05) is 111 Å². The fraction of sp³-hybridized carbons (Fsp3) is 0.506. The summed E-state index contributed by atoms with van der Waals surface area (Å²) in [4.78, 5) is 50.4. The van der Waals surface area contributed by atoms with Crippen LogP contribution in [0.25, 0.3) is 0 Å². The highest BCUT2D eigenvalue weighted by Gasteiger charge is 2.57. The summed E-state index contributed by atoms with van der Waals surface area (Å²) in [7, 11) is 7.28. The molecule has 16 rings (SSSR count). The summed E-state index contributed by atoms with van der Waals surface area (Å²) in [6.45, 7) is 20.5. The predicted molar refractivity (Wildman–Crippen MR) is 391 cm³/mol. The number of fused-ring (bicyclic) bond motifs is 20. The van der Waals surface area contributed by atoms with Gasteiger partial charge in [-0.2, -0.15) is 19.0 Å². The Labute approximate surface area is 609 Å². The van der Waals surface area contributed by atoms with Crippen molar-refractivity contribution in [2.45, 2.75) is 174 Å². The lowest BCUT2D eigenvalue weighted by Crippen LogP contribution is -2.26. The van der Waals surface area contributed by atoms with Gasteiger partial charge in [-0.25, -0.2) is 17.6 Å². The van der Waals surface area contributed by atoms with Crippen molar-refractivity contribution in [1.29, 1.82) is 0 Å². The molecule has 8 bridgehead atoms. The highest BCUT2D eigenvalue weighted by molar-refractivity contribution is 6.07. The third-order valence-electron chi connectivity index (χ3n) is 24.2. The number of hydrogen-bond donors (Lipinski definition) is 4. The largest absolute Gasteiger partial charge is 0.322 e. The number of halogens is 8. The minimum absolute atomic E-state index is 0.0151. The van der Waals surface area contributed by atoms with Gasteiger partial charge in [-0.05, 0) is 214 Å². The van der Waals surface area contributed by atoms with Crippen molar-refractivity contribution >= 4 is 46.4 Å². The number of amides is 4. The second-order valence-corrected chi connectivity index (χ2v) is 30.9. The fourth-order valence-electron chi connectivity index (χ4n) is 20.3. The minimum atomic E-state index is -2.78. The maximum absolute atomic E-state index is 13.8. The number of anilines is 4. The maximum Gasteiger partial charge on any atom is 0.282 e. The number of nitrogens with one attached hydrogen (secondary N) is 4. The lowest BCUT2D eigenvalue weighted by molar-refractivity contribution is 0.100. The van der Waals surface area contributed by atoms with Gasteiger partial charge < -0.3 is 21.3 Å². The van der Waals surface area contributed by atoms with E-state index in [1.54, 1.807) is 14.1 Å². The van der Waals surface area contributed by atoms with E-state index in [-0.39, 0.29) is 27.7 Å². The first-order valence-corrected chi connectivity index (χ1v) is 36.6. The second kappa shape index (κ2) is 31.2. The molecule has 4 amide bonds. The number of aryl methyl sites for hydroxylation is 4. The van der Waals surface area contributed by atoms with Crippen LogP contribution in [0.3, 0.4) is 0 Å². The molecule has 16 nitrogen and oxygen atoms in total. The number of hydrogen-bond acceptors (Lipinski definition) is 8. The van der Waals surface area contributed by atoms with Gasteiger partial charge in [-0.3, -0.25) is 46.7 Å². The van der Waals surface area contributed by atoms with Crippen LogP contribution in [0.1, 0.15) is 271 Å². The van der Waals surface area contributed by atoms with E-state index in [0.29, 0.717) is 103 Å². The molecule has 4 saturated carbocycles. The van der Waals surface area contributed by atoms with E-state index in [4.69, 9.17) is 0 Å². The van der Waals surface area contributed by atoms with Gasteiger partial charge in [0, 0.05) is 75.7 Å². The van der Waals surface area contributed by atoms with Crippen LogP contribution in [0.5, 0.6) is 0 Å². The predicted octanol–water partition coefficient (Wildman–Crippen LogP) is 19.4. The van der Waals surface area contributed by atoms with Gasteiger partial charge in [0.1, 0.15) is 22.5 Å². The fourth-order valence-corrected chi connectivity index (χ4v) is 20.3. The number of benzene rings is 4. The van der Waals surface area contributed by atoms with E-state index < -0.39 is 59.8 Å². The van der Waals surface area contributed by atoms with Crippen LogP contribution in [0, 0.1) is 58.7 Å². The molecule has 562 valence electrons. The number of rotatable bonds is 14. The monoisotopic (exact) mass is 1450 g/mol. The normalized spacial score (nSPS) is 23.9. The van der Waals surface area contributed by atoms with Crippen LogP contribution >= 0.6 is 0 Å². The Balaban J connectivity index is 0.000000138. The number of nitrogens with zero attached hydrogens (tertiary/aromatic N) is 8. The Morgan fingerprint density at radius 1 is 0.390 bits per heavy atom. The van der Waals surface area contributed by atoms with E-state index in [1.807, 2.05) is 48.5 Å². The van der Waals surface area contributed by atoms with Crippen LogP contribution < -0.4 is 21.3 Å². The topological polar surface area (TPSA) is 188 Å². The molecule has 0 radical (unpaired) electrons. The molecular weight excluding hydrogens is 1360 g/mol. The summed E-state index contributed by atoms with van der Waals surface area (Å²) in [5.41, 5.74) is 12.6. The maximum atomic E-state index is 13.8. The molecule has 8 aromatic rings. The zero-order chi connectivity index (χ0) is 76.1. The smallest absolute Gasteiger partial charge is 0.282 e. The van der Waals surface area contributed by atoms with E-state index >= 15 is 0 Å². The highest BCUT2D eigenvalue weighted by Crippen LogP contribution is 2.69. The third-order valence-corrected chi connectivity index (χ3v) is 24.2. The summed E-state index contributed by atoms with van der Waals surface area (Å²) in [5.74, 6) is 4.84. The second-order valence-electron chi connectivity index (χ2n) is 30.9. The van der Waals surface area contributed by atoms with E-state index in [9.17, 15) is 54.3 Å². The van der Waals surface area contributed by atoms with Crippen LogP contribution in [0.4, 0.5) is 57.9 Å². The standard InChI is InChI=1S/2C20H23F2N3O.C20H24FN3O.C19H22FN3O.2CH3F/c2*1-10(2)16-12-7-8-13(16)17-11(12)5-4-6-15(17)23-20(26)14-9-25(3)24-18(14)19(21)22;1-11(2)20(3)14-8-9-15(20)17-12(14)6-5-7-16(17)22-19(25)13-10-24(4)23-18(13)21;1-10(2)16-12-7-8-13(16)17-11(12)5-4-6-15(17)21-19(24)14-9-23(3)22-18(14)20;2*1-2/h2*4-6,9-10,12-13,16,19H,7-8H2,1-3H3,(H,23,26);5-7,10-11,14-15H,8-9H2,1-4H3,(H,22,25);4-6,9-10,12-13,16H,7-8H2,1-3H3,(H,21,24);2*1H3. The van der Waals surface area contributed by atoms with Crippen molar-refractivity contribution < 1.29 is 54.3 Å². The molecule has 4 heterocycles. The minimum Gasteiger partial charge on any atom is -0.322 e. The molecule has 8 aliphatic carbocycles. The lowest BCUT2D eigenvalue weighted by atomic mass is 9.69. The van der Waals surface area contributed by atoms with Gasteiger partial charge in [0.15, 0.2) is 0 Å². The third kappa shape index (κ3) is 14.2. The zero-order valence-electron chi connectivity index (χ0n) is 62.4. The van der Waals surface area contributed by atoms with Gasteiger partial charge >= 0.3 is 0 Å². The summed E-state index contributed by atoms with van der Waals surface area (Å²) >= 11 is 0. The molecule has 0 aliphatic heterocycles. The average Bonchev–Trinajstić information content (AvgIpc) is 1.55. The van der Waals surface area contributed by atoms with Crippen LogP contribution in [0.15, 0.2) is 97.6 Å². The summed E-state index contributed by atoms with van der Waals surface area (Å²) in [6, 6.07) is 24.2. The Morgan fingerprint density at radius 2 is 0.667 bits per heavy atom. The van der Waals surface area contributed by atoms with Crippen molar-refractivity contribution in [3.63, 3.8) is 0 Å². The van der Waals surface area contributed by atoms with Gasteiger partial charge in [0.2, 0.25) is 11.9 Å². The zero-order valence-corrected chi connectivity index (χ0v) is 62.4. The first-order chi connectivity index (χ1) is 50.1. The summed E-state index contributed by atoms with van der Waals surface area (Å²) < 4.78 is 104. The molecule has 12 unspecified atom stereocenters. The van der Waals surface area contributed by atoms with E-state index in [2.05, 4.69) is 128 Å². The Bertz CT molecular complexity index is 4370. The lowest BCUT2D eigenvalue weighted by Gasteiger charge is -2.35.